The Labute approximate surface area is 209 Å². The van der Waals surface area contributed by atoms with Gasteiger partial charge in [0.15, 0.2) is 0 Å². The van der Waals surface area contributed by atoms with Gasteiger partial charge in [-0.25, -0.2) is 13.2 Å². The van der Waals surface area contributed by atoms with E-state index in [1.165, 1.54) is 34.5 Å². The SMILES string of the molecule is COC(=O)c1c(NC(=O)C2CCN(S(=O)(=O)c3ccccc3SC)CC2)sc2c1CCCCC2. The monoisotopic (exact) mass is 522 g/mol. The second-order valence-electron chi connectivity index (χ2n) is 8.58. The van der Waals surface area contributed by atoms with Gasteiger partial charge in [0.2, 0.25) is 15.9 Å². The summed E-state index contributed by atoms with van der Waals surface area (Å²) >= 11 is 2.88. The van der Waals surface area contributed by atoms with Gasteiger partial charge < -0.3 is 10.1 Å². The summed E-state index contributed by atoms with van der Waals surface area (Å²) in [5, 5.41) is 3.55. The number of hydrogen-bond acceptors (Lipinski definition) is 7. The van der Waals surface area contributed by atoms with Crippen molar-refractivity contribution < 1.29 is 22.7 Å². The van der Waals surface area contributed by atoms with Crippen LogP contribution in [-0.2, 0) is 32.4 Å². The number of carbonyl (C=O) groups is 2. The zero-order chi connectivity index (χ0) is 24.3. The van der Waals surface area contributed by atoms with Crippen molar-refractivity contribution in [1.82, 2.24) is 4.31 Å². The first-order valence-electron chi connectivity index (χ1n) is 11.5. The molecule has 7 nitrogen and oxygen atoms in total. The molecule has 0 bridgehead atoms. The molecule has 2 heterocycles. The van der Waals surface area contributed by atoms with E-state index in [-0.39, 0.29) is 24.9 Å². The van der Waals surface area contributed by atoms with Gasteiger partial charge in [0, 0.05) is 28.8 Å². The molecule has 0 unspecified atom stereocenters. The van der Waals surface area contributed by atoms with Crippen molar-refractivity contribution in [2.24, 2.45) is 5.92 Å². The molecule has 184 valence electrons. The molecule has 1 fully saturated rings. The number of piperidine rings is 1. The highest BCUT2D eigenvalue weighted by Gasteiger charge is 2.34. The molecule has 0 spiro atoms. The summed E-state index contributed by atoms with van der Waals surface area (Å²) < 4.78 is 32.9. The third kappa shape index (κ3) is 5.05. The fourth-order valence-electron chi connectivity index (χ4n) is 4.69. The van der Waals surface area contributed by atoms with Gasteiger partial charge in [-0.2, -0.15) is 4.31 Å². The molecule has 1 saturated heterocycles. The minimum atomic E-state index is -3.62. The molecular weight excluding hydrogens is 492 g/mol. The first-order valence-corrected chi connectivity index (χ1v) is 15.0. The van der Waals surface area contributed by atoms with Gasteiger partial charge in [0.1, 0.15) is 5.00 Å². The molecule has 1 N–H and O–H groups in total. The van der Waals surface area contributed by atoms with Crippen LogP contribution in [0.3, 0.4) is 0 Å². The Balaban J connectivity index is 1.46. The summed E-state index contributed by atoms with van der Waals surface area (Å²) in [6.45, 7) is 0.571. The lowest BCUT2D eigenvalue weighted by Gasteiger charge is -2.31. The molecular formula is C24H30N2O5S3. The largest absolute Gasteiger partial charge is 0.465 e. The van der Waals surface area contributed by atoms with Gasteiger partial charge in [-0.05, 0) is 62.5 Å². The Kier molecular flexibility index (Phi) is 8.01. The van der Waals surface area contributed by atoms with Crippen LogP contribution in [0, 0.1) is 5.92 Å². The molecule has 1 aliphatic heterocycles. The number of amides is 1. The van der Waals surface area contributed by atoms with E-state index in [2.05, 4.69) is 5.32 Å². The van der Waals surface area contributed by atoms with Crippen LogP contribution in [0.2, 0.25) is 0 Å². The highest BCUT2D eigenvalue weighted by atomic mass is 32.2. The number of aryl methyl sites for hydroxylation is 1. The number of sulfonamides is 1. The van der Waals surface area contributed by atoms with E-state index < -0.39 is 16.0 Å². The maximum Gasteiger partial charge on any atom is 0.341 e. The van der Waals surface area contributed by atoms with Gasteiger partial charge in [-0.3, -0.25) is 4.79 Å². The van der Waals surface area contributed by atoms with E-state index >= 15 is 0 Å². The minimum absolute atomic E-state index is 0.164. The van der Waals surface area contributed by atoms with E-state index in [0.717, 1.165) is 47.4 Å². The van der Waals surface area contributed by atoms with E-state index in [0.29, 0.717) is 28.3 Å². The summed E-state index contributed by atoms with van der Waals surface area (Å²) in [6.07, 6.45) is 7.69. The predicted octanol–water partition coefficient (Wildman–Crippen LogP) is 4.56. The van der Waals surface area contributed by atoms with Crippen molar-refractivity contribution in [3.8, 4) is 0 Å². The number of benzene rings is 1. The number of nitrogens with zero attached hydrogens (tertiary/aromatic N) is 1. The minimum Gasteiger partial charge on any atom is -0.465 e. The van der Waals surface area contributed by atoms with Crippen molar-refractivity contribution in [3.05, 3.63) is 40.3 Å². The fraction of sp³-hybridized carbons (Fsp3) is 0.500. The standard InChI is InChI=1S/C24H30N2O5S3/c1-31-24(28)21-17-8-4-3-5-9-18(17)33-23(21)25-22(27)16-12-14-26(15-13-16)34(29,30)20-11-7-6-10-19(20)32-2/h6-7,10-11,16H,3-5,8-9,12-15H2,1-2H3,(H,25,27). The van der Waals surface area contributed by atoms with Crippen molar-refractivity contribution in [2.45, 2.75) is 54.7 Å². The average Bonchev–Trinajstić information content (AvgIpc) is 3.03. The van der Waals surface area contributed by atoms with E-state index in [1.54, 1.807) is 18.2 Å². The third-order valence-corrected chi connectivity index (χ3v) is 10.6. The number of esters is 1. The smallest absolute Gasteiger partial charge is 0.341 e. The molecule has 2 aliphatic rings. The molecule has 1 aliphatic carbocycles. The highest BCUT2D eigenvalue weighted by molar-refractivity contribution is 7.99. The first-order chi connectivity index (χ1) is 16.4. The van der Waals surface area contributed by atoms with E-state index in [4.69, 9.17) is 4.74 Å². The molecule has 2 aromatic rings. The molecule has 0 atom stereocenters. The zero-order valence-electron chi connectivity index (χ0n) is 19.5. The Bertz CT molecular complexity index is 1170. The van der Waals surface area contributed by atoms with Gasteiger partial charge in [-0.1, -0.05) is 18.6 Å². The summed E-state index contributed by atoms with van der Waals surface area (Å²) in [6, 6.07) is 7.00. The average molecular weight is 523 g/mol. The molecule has 4 rings (SSSR count). The third-order valence-electron chi connectivity index (χ3n) is 6.56. The number of ether oxygens (including phenoxy) is 1. The van der Waals surface area contributed by atoms with Gasteiger partial charge in [0.25, 0.3) is 0 Å². The maximum absolute atomic E-state index is 13.2. The topological polar surface area (TPSA) is 92.8 Å². The number of thiophene rings is 1. The Hall–Kier alpha value is -1.88. The molecule has 0 saturated carbocycles. The quantitative estimate of drug-likeness (QED) is 0.340. The van der Waals surface area contributed by atoms with Gasteiger partial charge in [0.05, 0.1) is 17.6 Å². The number of rotatable bonds is 6. The lowest BCUT2D eigenvalue weighted by Crippen LogP contribution is -2.41. The first kappa shape index (κ1) is 25.2. The zero-order valence-corrected chi connectivity index (χ0v) is 21.9. The summed E-state index contributed by atoms with van der Waals surface area (Å²) in [5.74, 6) is -0.888. The van der Waals surface area contributed by atoms with Crippen LogP contribution in [0.25, 0.3) is 0 Å². The number of carbonyl (C=O) groups excluding carboxylic acids is 2. The Morgan fingerprint density at radius 1 is 1.12 bits per heavy atom. The van der Waals surface area contributed by atoms with Crippen molar-refractivity contribution in [3.63, 3.8) is 0 Å². The van der Waals surface area contributed by atoms with Crippen LogP contribution < -0.4 is 5.32 Å². The molecule has 10 heteroatoms. The van der Waals surface area contributed by atoms with E-state index in [1.807, 2.05) is 12.3 Å². The second kappa shape index (κ2) is 10.8. The van der Waals surface area contributed by atoms with Crippen molar-refractivity contribution in [1.29, 1.82) is 0 Å². The normalized spacial score (nSPS) is 17.6. The number of hydrogen-bond donors (Lipinski definition) is 1. The molecule has 0 radical (unpaired) electrons. The second-order valence-corrected chi connectivity index (χ2v) is 12.4. The van der Waals surface area contributed by atoms with Gasteiger partial charge in [-0.15, -0.1) is 23.1 Å². The van der Waals surface area contributed by atoms with Crippen LogP contribution in [0.15, 0.2) is 34.1 Å². The maximum atomic E-state index is 13.2. The lowest BCUT2D eigenvalue weighted by atomic mass is 9.97. The molecule has 1 aromatic carbocycles. The lowest BCUT2D eigenvalue weighted by molar-refractivity contribution is -0.120. The number of methoxy groups -OCH3 is 1. The fourth-order valence-corrected chi connectivity index (χ4v) is 8.56. The predicted molar refractivity (Wildman–Crippen MR) is 135 cm³/mol. The van der Waals surface area contributed by atoms with Crippen LogP contribution >= 0.6 is 23.1 Å². The number of thioether (sulfide) groups is 1. The number of fused-ring (bicyclic) bond motifs is 1. The summed E-state index contributed by atoms with van der Waals surface area (Å²) in [4.78, 5) is 27.8. The molecule has 1 amide bonds. The Morgan fingerprint density at radius 3 is 2.53 bits per heavy atom. The van der Waals surface area contributed by atoms with Crippen molar-refractivity contribution >= 4 is 50.0 Å². The molecule has 34 heavy (non-hydrogen) atoms. The summed E-state index contributed by atoms with van der Waals surface area (Å²) in [5.41, 5.74) is 1.50. The number of nitrogens with one attached hydrogen (secondary N) is 1. The van der Waals surface area contributed by atoms with Crippen LogP contribution in [-0.4, -0.2) is 51.1 Å². The van der Waals surface area contributed by atoms with E-state index in [9.17, 15) is 18.0 Å². The van der Waals surface area contributed by atoms with Gasteiger partial charge >= 0.3 is 5.97 Å². The highest BCUT2D eigenvalue weighted by Crippen LogP contribution is 2.38. The van der Waals surface area contributed by atoms with Crippen molar-refractivity contribution in [2.75, 3.05) is 31.8 Å². The van der Waals surface area contributed by atoms with Crippen LogP contribution in [0.1, 0.15) is 52.9 Å². The molecule has 1 aromatic heterocycles. The van der Waals surface area contributed by atoms with Crippen LogP contribution in [0.5, 0.6) is 0 Å². The summed E-state index contributed by atoms with van der Waals surface area (Å²) in [7, 11) is -2.26. The Morgan fingerprint density at radius 2 is 1.82 bits per heavy atom. The van der Waals surface area contributed by atoms with Crippen LogP contribution in [0.4, 0.5) is 5.00 Å². The number of anilines is 1.